The Kier molecular flexibility index (Phi) is 4.73. The molecule has 1 amide bonds. The Hall–Kier alpha value is -1.63. The van der Waals surface area contributed by atoms with Crippen molar-refractivity contribution in [3.05, 3.63) is 40.8 Å². The van der Waals surface area contributed by atoms with Crippen LogP contribution in [0.2, 0.25) is 0 Å². The van der Waals surface area contributed by atoms with Gasteiger partial charge in [0.15, 0.2) is 0 Å². The molecular formula is C13H16N2O3S. The second-order valence-corrected chi connectivity index (χ2v) is 4.88. The molecule has 0 aliphatic rings. The third-order valence-electron chi connectivity index (χ3n) is 2.75. The fourth-order valence-electron chi connectivity index (χ4n) is 1.86. The van der Waals surface area contributed by atoms with Crippen LogP contribution < -0.4 is 0 Å². The maximum atomic E-state index is 12.4. The van der Waals surface area contributed by atoms with E-state index < -0.39 is 0 Å². The Balaban J connectivity index is 2.26. The van der Waals surface area contributed by atoms with Crippen LogP contribution in [0.5, 0.6) is 0 Å². The monoisotopic (exact) mass is 280 g/mol. The standard InChI is InChI=1S/C13H16N2O3S/c16-8-6-15(7-9-17)13(18)12-11(3-10-19-12)14-4-1-2-5-14/h1-5,10,16-17H,6-9H2. The summed E-state index contributed by atoms with van der Waals surface area (Å²) in [6.07, 6.45) is 3.75. The summed E-state index contributed by atoms with van der Waals surface area (Å²) < 4.78 is 1.87. The number of carbonyl (C=O) groups is 1. The molecule has 19 heavy (non-hydrogen) atoms. The number of thiophene rings is 1. The first-order valence-electron chi connectivity index (χ1n) is 5.99. The van der Waals surface area contributed by atoms with Crippen molar-refractivity contribution in [2.75, 3.05) is 26.3 Å². The van der Waals surface area contributed by atoms with Crippen LogP contribution in [0, 0.1) is 0 Å². The van der Waals surface area contributed by atoms with Crippen LogP contribution in [-0.2, 0) is 0 Å². The smallest absolute Gasteiger partial charge is 0.266 e. The minimum atomic E-state index is -0.165. The number of aromatic nitrogens is 1. The highest BCUT2D eigenvalue weighted by Crippen LogP contribution is 2.23. The fraction of sp³-hybridized carbons (Fsp3) is 0.308. The molecule has 0 fully saturated rings. The minimum Gasteiger partial charge on any atom is -0.395 e. The summed E-state index contributed by atoms with van der Waals surface area (Å²) in [5.41, 5.74) is 0.820. The number of aliphatic hydroxyl groups is 2. The zero-order valence-corrected chi connectivity index (χ0v) is 11.2. The van der Waals surface area contributed by atoms with E-state index in [2.05, 4.69) is 0 Å². The molecule has 0 unspecified atom stereocenters. The van der Waals surface area contributed by atoms with E-state index >= 15 is 0 Å². The second-order valence-electron chi connectivity index (χ2n) is 3.96. The topological polar surface area (TPSA) is 65.7 Å². The van der Waals surface area contributed by atoms with Gasteiger partial charge in [0.2, 0.25) is 0 Å². The quantitative estimate of drug-likeness (QED) is 0.828. The van der Waals surface area contributed by atoms with E-state index in [1.165, 1.54) is 16.2 Å². The molecule has 0 aliphatic carbocycles. The van der Waals surface area contributed by atoms with Crippen molar-refractivity contribution in [2.45, 2.75) is 0 Å². The molecular weight excluding hydrogens is 264 g/mol. The lowest BCUT2D eigenvalue weighted by Gasteiger charge is -2.20. The molecule has 0 radical (unpaired) electrons. The average molecular weight is 280 g/mol. The molecule has 0 saturated carbocycles. The third kappa shape index (κ3) is 3.04. The van der Waals surface area contributed by atoms with E-state index in [0.29, 0.717) is 4.88 Å². The van der Waals surface area contributed by atoms with E-state index in [-0.39, 0.29) is 32.2 Å². The van der Waals surface area contributed by atoms with Gasteiger partial charge in [0, 0.05) is 25.5 Å². The van der Waals surface area contributed by atoms with Gasteiger partial charge in [0.1, 0.15) is 4.88 Å². The van der Waals surface area contributed by atoms with Crippen molar-refractivity contribution in [1.82, 2.24) is 9.47 Å². The van der Waals surface area contributed by atoms with Gasteiger partial charge in [-0.05, 0) is 23.6 Å². The Bertz CT molecular complexity index is 516. The van der Waals surface area contributed by atoms with Crippen molar-refractivity contribution < 1.29 is 15.0 Å². The maximum Gasteiger partial charge on any atom is 0.266 e. The predicted molar refractivity (Wildman–Crippen MR) is 73.7 cm³/mol. The van der Waals surface area contributed by atoms with Gasteiger partial charge in [-0.1, -0.05) is 0 Å². The number of rotatable bonds is 6. The van der Waals surface area contributed by atoms with Gasteiger partial charge in [0.25, 0.3) is 5.91 Å². The second kappa shape index (κ2) is 6.51. The number of carbonyl (C=O) groups excluding carboxylic acids is 1. The van der Waals surface area contributed by atoms with E-state index in [1.54, 1.807) is 0 Å². The first-order valence-corrected chi connectivity index (χ1v) is 6.87. The van der Waals surface area contributed by atoms with Crippen molar-refractivity contribution in [2.24, 2.45) is 0 Å². The summed E-state index contributed by atoms with van der Waals surface area (Å²) in [7, 11) is 0. The summed E-state index contributed by atoms with van der Waals surface area (Å²) in [5, 5.41) is 19.8. The van der Waals surface area contributed by atoms with Gasteiger partial charge < -0.3 is 19.7 Å². The summed E-state index contributed by atoms with van der Waals surface area (Å²) >= 11 is 1.36. The van der Waals surface area contributed by atoms with Gasteiger partial charge in [-0.2, -0.15) is 0 Å². The van der Waals surface area contributed by atoms with Gasteiger partial charge in [-0.25, -0.2) is 0 Å². The normalized spacial score (nSPS) is 10.6. The molecule has 2 aromatic heterocycles. The van der Waals surface area contributed by atoms with Gasteiger partial charge in [-0.3, -0.25) is 4.79 Å². The number of amides is 1. The molecule has 0 spiro atoms. The molecule has 2 aromatic rings. The van der Waals surface area contributed by atoms with E-state index in [0.717, 1.165) is 5.69 Å². The Morgan fingerprint density at radius 2 is 1.84 bits per heavy atom. The van der Waals surface area contributed by atoms with Crippen molar-refractivity contribution in [3.63, 3.8) is 0 Å². The molecule has 5 nitrogen and oxygen atoms in total. The summed E-state index contributed by atoms with van der Waals surface area (Å²) in [4.78, 5) is 14.5. The molecule has 2 heterocycles. The lowest BCUT2D eigenvalue weighted by molar-refractivity contribution is 0.0689. The number of hydrogen-bond donors (Lipinski definition) is 2. The maximum absolute atomic E-state index is 12.4. The largest absolute Gasteiger partial charge is 0.395 e. The molecule has 0 atom stereocenters. The molecule has 2 rings (SSSR count). The van der Waals surface area contributed by atoms with Gasteiger partial charge in [-0.15, -0.1) is 11.3 Å². The summed E-state index contributed by atoms with van der Waals surface area (Å²) in [6.45, 7) is 0.219. The SMILES string of the molecule is O=C(c1sccc1-n1cccc1)N(CCO)CCO. The Morgan fingerprint density at radius 1 is 1.21 bits per heavy atom. The first kappa shape index (κ1) is 13.8. The fourth-order valence-corrected chi connectivity index (χ4v) is 2.72. The van der Waals surface area contributed by atoms with Crippen molar-refractivity contribution in [3.8, 4) is 5.69 Å². The minimum absolute atomic E-state index is 0.115. The molecule has 0 aliphatic heterocycles. The van der Waals surface area contributed by atoms with E-state index in [4.69, 9.17) is 10.2 Å². The van der Waals surface area contributed by atoms with Crippen LogP contribution in [0.4, 0.5) is 0 Å². The van der Waals surface area contributed by atoms with Crippen LogP contribution >= 0.6 is 11.3 Å². The van der Waals surface area contributed by atoms with Gasteiger partial charge in [0.05, 0.1) is 18.9 Å². The molecule has 0 saturated heterocycles. The van der Waals surface area contributed by atoms with Crippen LogP contribution in [0.3, 0.4) is 0 Å². The van der Waals surface area contributed by atoms with Crippen LogP contribution in [0.15, 0.2) is 36.0 Å². The summed E-state index contributed by atoms with van der Waals surface area (Å²) in [5.74, 6) is -0.165. The zero-order valence-electron chi connectivity index (χ0n) is 10.4. The molecule has 2 N–H and O–H groups in total. The molecule has 102 valence electrons. The molecule has 0 bridgehead atoms. The Morgan fingerprint density at radius 3 is 2.42 bits per heavy atom. The lowest BCUT2D eigenvalue weighted by Crippen LogP contribution is -2.35. The van der Waals surface area contributed by atoms with E-state index in [9.17, 15) is 4.79 Å². The van der Waals surface area contributed by atoms with Crippen LogP contribution in [0.1, 0.15) is 9.67 Å². The number of nitrogens with zero attached hydrogens (tertiary/aromatic N) is 2. The first-order chi connectivity index (χ1) is 9.27. The predicted octanol–water partition coefficient (Wildman–Crippen LogP) is 0.966. The molecule has 0 aromatic carbocycles. The lowest BCUT2D eigenvalue weighted by atomic mass is 10.3. The highest BCUT2D eigenvalue weighted by molar-refractivity contribution is 7.12. The zero-order chi connectivity index (χ0) is 13.7. The van der Waals surface area contributed by atoms with Crippen molar-refractivity contribution >= 4 is 17.2 Å². The highest BCUT2D eigenvalue weighted by atomic mass is 32.1. The number of hydrogen-bond acceptors (Lipinski definition) is 4. The van der Waals surface area contributed by atoms with Crippen molar-refractivity contribution in [1.29, 1.82) is 0 Å². The highest BCUT2D eigenvalue weighted by Gasteiger charge is 2.20. The van der Waals surface area contributed by atoms with Crippen LogP contribution in [0.25, 0.3) is 5.69 Å². The van der Waals surface area contributed by atoms with Crippen LogP contribution in [-0.4, -0.2) is 51.9 Å². The average Bonchev–Trinajstić information content (AvgIpc) is 3.07. The summed E-state index contributed by atoms with van der Waals surface area (Å²) in [6, 6.07) is 5.67. The third-order valence-corrected chi connectivity index (χ3v) is 3.64. The number of aliphatic hydroxyl groups excluding tert-OH is 2. The Labute approximate surface area is 115 Å². The van der Waals surface area contributed by atoms with E-state index in [1.807, 2.05) is 40.5 Å². The molecule has 6 heteroatoms. The van der Waals surface area contributed by atoms with Gasteiger partial charge >= 0.3 is 0 Å².